The van der Waals surface area contributed by atoms with E-state index in [0.29, 0.717) is 24.1 Å². The second-order valence-electron chi connectivity index (χ2n) is 7.85. The molecule has 1 aromatic heterocycles. The standard InChI is InChI=1S/C26H32N4O2S/c1-6-14-30-23(16-32-22-15-18(4)12-13-19(22)5)28-29-26(30)33-17-24(31)27-25-20(7-2)10-9-11-21(25)8-3/h6,9-13,15H,1,7-8,14,16-17H2,2-5H3,(H,27,31). The lowest BCUT2D eigenvalue weighted by molar-refractivity contribution is -0.113. The number of hydrogen-bond donors (Lipinski definition) is 1. The van der Waals surface area contributed by atoms with Crippen LogP contribution < -0.4 is 10.1 Å². The van der Waals surface area contributed by atoms with E-state index in [1.807, 2.05) is 36.6 Å². The first-order valence-electron chi connectivity index (χ1n) is 11.2. The molecule has 0 spiro atoms. The van der Waals surface area contributed by atoms with Crippen molar-refractivity contribution in [3.8, 4) is 5.75 Å². The van der Waals surface area contributed by atoms with Gasteiger partial charge in [-0.15, -0.1) is 16.8 Å². The summed E-state index contributed by atoms with van der Waals surface area (Å²) in [7, 11) is 0. The molecule has 0 saturated carbocycles. The van der Waals surface area contributed by atoms with Crippen LogP contribution in [0.2, 0.25) is 0 Å². The third-order valence-corrected chi connectivity index (χ3v) is 6.37. The average Bonchev–Trinajstić information content (AvgIpc) is 3.20. The Labute approximate surface area is 200 Å². The molecule has 1 amide bonds. The molecule has 0 aliphatic carbocycles. The number of thioether (sulfide) groups is 1. The fraction of sp³-hybridized carbons (Fsp3) is 0.346. The van der Waals surface area contributed by atoms with Gasteiger partial charge in [-0.1, -0.05) is 62.0 Å². The predicted octanol–water partition coefficient (Wildman–Crippen LogP) is 5.52. The predicted molar refractivity (Wildman–Crippen MR) is 135 cm³/mol. The summed E-state index contributed by atoms with van der Waals surface area (Å²) in [5, 5.41) is 12.4. The van der Waals surface area contributed by atoms with Gasteiger partial charge in [-0.3, -0.25) is 9.36 Å². The normalized spacial score (nSPS) is 10.8. The zero-order valence-electron chi connectivity index (χ0n) is 19.9. The summed E-state index contributed by atoms with van der Waals surface area (Å²) in [6, 6.07) is 12.3. The number of para-hydroxylation sites is 1. The van der Waals surface area contributed by atoms with Gasteiger partial charge in [-0.05, 0) is 55.0 Å². The number of ether oxygens (including phenoxy) is 1. The first-order valence-corrected chi connectivity index (χ1v) is 12.2. The van der Waals surface area contributed by atoms with Crippen molar-refractivity contribution in [1.29, 1.82) is 0 Å². The van der Waals surface area contributed by atoms with Crippen LogP contribution in [-0.4, -0.2) is 26.4 Å². The summed E-state index contributed by atoms with van der Waals surface area (Å²) in [4.78, 5) is 12.7. The number of aromatic nitrogens is 3. The van der Waals surface area contributed by atoms with Crippen molar-refractivity contribution in [2.75, 3.05) is 11.1 Å². The molecule has 6 nitrogen and oxygen atoms in total. The van der Waals surface area contributed by atoms with Gasteiger partial charge in [-0.2, -0.15) is 0 Å². The lowest BCUT2D eigenvalue weighted by Crippen LogP contribution is -2.17. The summed E-state index contributed by atoms with van der Waals surface area (Å²) in [5.74, 6) is 1.72. The Balaban J connectivity index is 1.68. The molecule has 3 rings (SSSR count). The fourth-order valence-electron chi connectivity index (χ4n) is 3.56. The number of benzene rings is 2. The van der Waals surface area contributed by atoms with Gasteiger partial charge in [0.2, 0.25) is 5.91 Å². The van der Waals surface area contributed by atoms with Crippen molar-refractivity contribution in [3.63, 3.8) is 0 Å². The van der Waals surface area contributed by atoms with Crippen LogP contribution in [0, 0.1) is 13.8 Å². The van der Waals surface area contributed by atoms with Gasteiger partial charge in [-0.25, -0.2) is 0 Å². The summed E-state index contributed by atoms with van der Waals surface area (Å²) in [6.07, 6.45) is 3.53. The molecule has 33 heavy (non-hydrogen) atoms. The van der Waals surface area contributed by atoms with E-state index in [4.69, 9.17) is 4.74 Å². The molecular formula is C26H32N4O2S. The molecule has 0 aliphatic heterocycles. The topological polar surface area (TPSA) is 69.0 Å². The van der Waals surface area contributed by atoms with E-state index < -0.39 is 0 Å². The highest BCUT2D eigenvalue weighted by Gasteiger charge is 2.16. The number of carbonyl (C=O) groups is 1. The lowest BCUT2D eigenvalue weighted by atomic mass is 10.0. The second-order valence-corrected chi connectivity index (χ2v) is 8.79. The highest BCUT2D eigenvalue weighted by atomic mass is 32.2. The Hall–Kier alpha value is -3.06. The maximum atomic E-state index is 12.7. The monoisotopic (exact) mass is 464 g/mol. The van der Waals surface area contributed by atoms with Gasteiger partial charge in [0.05, 0.1) is 5.75 Å². The maximum absolute atomic E-state index is 12.7. The molecule has 0 fully saturated rings. The van der Waals surface area contributed by atoms with E-state index in [1.54, 1.807) is 6.08 Å². The minimum Gasteiger partial charge on any atom is -0.485 e. The number of nitrogens with zero attached hydrogens (tertiary/aromatic N) is 3. The summed E-state index contributed by atoms with van der Waals surface area (Å²) in [5.41, 5.74) is 5.44. The van der Waals surface area contributed by atoms with E-state index in [2.05, 4.69) is 54.1 Å². The highest BCUT2D eigenvalue weighted by Crippen LogP contribution is 2.25. The third-order valence-electron chi connectivity index (χ3n) is 5.40. The van der Waals surface area contributed by atoms with Crippen LogP contribution in [-0.2, 0) is 30.8 Å². The molecule has 0 saturated heterocycles. The molecule has 1 heterocycles. The van der Waals surface area contributed by atoms with E-state index >= 15 is 0 Å². The highest BCUT2D eigenvalue weighted by molar-refractivity contribution is 7.99. The smallest absolute Gasteiger partial charge is 0.234 e. The molecule has 0 radical (unpaired) electrons. The maximum Gasteiger partial charge on any atom is 0.234 e. The van der Waals surface area contributed by atoms with Crippen molar-refractivity contribution < 1.29 is 9.53 Å². The average molecular weight is 465 g/mol. The number of amides is 1. The number of carbonyl (C=O) groups excluding carboxylic acids is 1. The SMILES string of the molecule is C=CCn1c(COc2cc(C)ccc2C)nnc1SCC(=O)Nc1c(CC)cccc1CC. The molecule has 0 aliphatic rings. The van der Waals surface area contributed by atoms with Crippen LogP contribution in [0.1, 0.15) is 41.9 Å². The van der Waals surface area contributed by atoms with Crippen molar-refractivity contribution >= 4 is 23.4 Å². The van der Waals surface area contributed by atoms with Gasteiger partial charge in [0.15, 0.2) is 11.0 Å². The minimum absolute atomic E-state index is 0.0584. The summed E-state index contributed by atoms with van der Waals surface area (Å²) < 4.78 is 7.95. The van der Waals surface area contributed by atoms with Crippen molar-refractivity contribution in [2.45, 2.75) is 58.8 Å². The van der Waals surface area contributed by atoms with E-state index in [0.717, 1.165) is 46.5 Å². The van der Waals surface area contributed by atoms with Crippen LogP contribution in [0.15, 0.2) is 54.2 Å². The lowest BCUT2D eigenvalue weighted by Gasteiger charge is -2.14. The number of hydrogen-bond acceptors (Lipinski definition) is 5. The summed E-state index contributed by atoms with van der Waals surface area (Å²) >= 11 is 1.36. The fourth-order valence-corrected chi connectivity index (χ4v) is 4.33. The van der Waals surface area contributed by atoms with Crippen LogP contribution in [0.25, 0.3) is 0 Å². The van der Waals surface area contributed by atoms with Gasteiger partial charge in [0, 0.05) is 12.2 Å². The first kappa shape index (κ1) is 24.6. The van der Waals surface area contributed by atoms with Crippen LogP contribution >= 0.6 is 11.8 Å². The third kappa shape index (κ3) is 6.26. The van der Waals surface area contributed by atoms with Gasteiger partial charge < -0.3 is 10.1 Å². The quantitative estimate of drug-likeness (QED) is 0.299. The molecule has 3 aromatic rings. The van der Waals surface area contributed by atoms with Gasteiger partial charge in [0.25, 0.3) is 0 Å². The number of allylic oxidation sites excluding steroid dienone is 1. The molecule has 0 bridgehead atoms. The zero-order valence-corrected chi connectivity index (χ0v) is 20.7. The number of aryl methyl sites for hydroxylation is 4. The van der Waals surface area contributed by atoms with E-state index in [9.17, 15) is 4.79 Å². The number of nitrogens with one attached hydrogen (secondary N) is 1. The molecule has 2 aromatic carbocycles. The van der Waals surface area contributed by atoms with Crippen LogP contribution in [0.5, 0.6) is 5.75 Å². The Morgan fingerprint density at radius 1 is 1.15 bits per heavy atom. The Morgan fingerprint density at radius 2 is 1.88 bits per heavy atom. The van der Waals surface area contributed by atoms with E-state index in [-0.39, 0.29) is 11.7 Å². The van der Waals surface area contributed by atoms with Crippen LogP contribution in [0.3, 0.4) is 0 Å². The molecule has 0 atom stereocenters. The molecule has 0 unspecified atom stereocenters. The van der Waals surface area contributed by atoms with Gasteiger partial charge >= 0.3 is 0 Å². The Morgan fingerprint density at radius 3 is 2.55 bits per heavy atom. The minimum atomic E-state index is -0.0584. The first-order chi connectivity index (χ1) is 16.0. The molecule has 174 valence electrons. The van der Waals surface area contributed by atoms with Crippen molar-refractivity contribution in [2.24, 2.45) is 0 Å². The second kappa shape index (κ2) is 11.7. The van der Waals surface area contributed by atoms with E-state index in [1.165, 1.54) is 11.8 Å². The molecule has 7 heteroatoms. The Bertz CT molecular complexity index is 1100. The van der Waals surface area contributed by atoms with Gasteiger partial charge in [0.1, 0.15) is 12.4 Å². The number of anilines is 1. The Kier molecular flexibility index (Phi) is 8.72. The number of rotatable bonds is 11. The molecular weight excluding hydrogens is 432 g/mol. The van der Waals surface area contributed by atoms with Crippen molar-refractivity contribution in [1.82, 2.24) is 14.8 Å². The summed E-state index contributed by atoms with van der Waals surface area (Å²) in [6.45, 7) is 12.9. The largest absolute Gasteiger partial charge is 0.485 e. The van der Waals surface area contributed by atoms with Crippen molar-refractivity contribution in [3.05, 3.63) is 77.1 Å². The van der Waals surface area contributed by atoms with Crippen LogP contribution in [0.4, 0.5) is 5.69 Å². The zero-order chi connectivity index (χ0) is 23.8. The molecule has 1 N–H and O–H groups in total.